The number of carbonyl (C=O) groups excluding carboxylic acids is 1. The first-order valence-corrected chi connectivity index (χ1v) is 8.20. The lowest BCUT2D eigenvalue weighted by molar-refractivity contribution is -0.126. The van der Waals surface area contributed by atoms with Gasteiger partial charge in [0.1, 0.15) is 5.60 Å². The molecule has 2 rings (SSSR count). The van der Waals surface area contributed by atoms with E-state index in [0.717, 1.165) is 37.2 Å². The average molecular weight is 296 g/mol. The topological polar surface area (TPSA) is 52.6 Å². The Kier molecular flexibility index (Phi) is 5.18. The maximum atomic E-state index is 12.3. The Hall–Kier alpha value is -0.910. The highest BCUT2D eigenvalue weighted by molar-refractivity contribution is 7.10. The number of carbonyl (C=O) groups is 1. The molecule has 20 heavy (non-hydrogen) atoms. The van der Waals surface area contributed by atoms with Crippen LogP contribution in [0.3, 0.4) is 0 Å². The van der Waals surface area contributed by atoms with Crippen molar-refractivity contribution in [1.82, 2.24) is 10.2 Å². The summed E-state index contributed by atoms with van der Waals surface area (Å²) in [6.45, 7) is 6.13. The van der Waals surface area contributed by atoms with E-state index in [1.54, 1.807) is 6.92 Å². The Labute approximate surface area is 124 Å². The minimum Gasteiger partial charge on any atom is -0.383 e. The summed E-state index contributed by atoms with van der Waals surface area (Å²) in [5.74, 6) is 0.0489. The lowest BCUT2D eigenvalue weighted by Gasteiger charge is -2.26. The predicted octanol–water partition coefficient (Wildman–Crippen LogP) is 1.95. The van der Waals surface area contributed by atoms with Gasteiger partial charge < -0.3 is 10.4 Å². The molecular formula is C15H24N2O2S. The fourth-order valence-electron chi connectivity index (χ4n) is 2.73. The second kappa shape index (κ2) is 6.70. The number of nitrogens with one attached hydrogen (secondary N) is 1. The molecule has 0 spiro atoms. The van der Waals surface area contributed by atoms with Crippen LogP contribution in [0, 0.1) is 0 Å². The lowest BCUT2D eigenvalue weighted by atomic mass is 10.0. The Balaban J connectivity index is 1.89. The third kappa shape index (κ3) is 3.59. The quantitative estimate of drug-likeness (QED) is 0.843. The van der Waals surface area contributed by atoms with Crippen molar-refractivity contribution in [3.8, 4) is 0 Å². The highest BCUT2D eigenvalue weighted by Crippen LogP contribution is 2.25. The van der Waals surface area contributed by atoms with Gasteiger partial charge in [0.25, 0.3) is 0 Å². The Morgan fingerprint density at radius 2 is 2.45 bits per heavy atom. The van der Waals surface area contributed by atoms with E-state index in [-0.39, 0.29) is 18.5 Å². The van der Waals surface area contributed by atoms with Gasteiger partial charge in [0.2, 0.25) is 5.91 Å². The highest BCUT2D eigenvalue weighted by Gasteiger charge is 2.32. The Morgan fingerprint density at radius 1 is 1.65 bits per heavy atom. The molecule has 2 atom stereocenters. The van der Waals surface area contributed by atoms with E-state index < -0.39 is 5.60 Å². The number of rotatable bonds is 6. The highest BCUT2D eigenvalue weighted by atomic mass is 32.1. The number of hydrogen-bond acceptors (Lipinski definition) is 4. The summed E-state index contributed by atoms with van der Waals surface area (Å²) in [6.07, 6.45) is 3.07. The summed E-state index contributed by atoms with van der Waals surface area (Å²) in [5, 5.41) is 15.3. The fraction of sp³-hybridized carbons (Fsp3) is 0.667. The van der Waals surface area contributed by atoms with Crippen LogP contribution in [0.2, 0.25) is 0 Å². The zero-order valence-electron chi connectivity index (χ0n) is 12.3. The second-order valence-corrected chi connectivity index (χ2v) is 6.61. The van der Waals surface area contributed by atoms with Gasteiger partial charge in [-0.3, -0.25) is 9.69 Å². The molecule has 4 nitrogen and oxygen atoms in total. The molecule has 1 saturated heterocycles. The SMILES string of the molecule is CCCN1CCC[C@H]1C(=O)NC[C@](C)(O)c1cccs1. The van der Waals surface area contributed by atoms with Crippen molar-refractivity contribution in [3.05, 3.63) is 22.4 Å². The molecule has 1 amide bonds. The van der Waals surface area contributed by atoms with Crippen molar-refractivity contribution in [2.45, 2.75) is 44.8 Å². The molecule has 2 heterocycles. The van der Waals surface area contributed by atoms with Crippen molar-refractivity contribution in [3.63, 3.8) is 0 Å². The molecule has 2 N–H and O–H groups in total. The molecule has 0 saturated carbocycles. The van der Waals surface area contributed by atoms with E-state index in [4.69, 9.17) is 0 Å². The van der Waals surface area contributed by atoms with E-state index in [1.165, 1.54) is 11.3 Å². The molecule has 1 aromatic heterocycles. The van der Waals surface area contributed by atoms with Crippen molar-refractivity contribution in [2.24, 2.45) is 0 Å². The van der Waals surface area contributed by atoms with Gasteiger partial charge in [-0.15, -0.1) is 11.3 Å². The fourth-order valence-corrected chi connectivity index (χ4v) is 3.51. The van der Waals surface area contributed by atoms with Crippen molar-refractivity contribution >= 4 is 17.2 Å². The zero-order chi connectivity index (χ0) is 14.6. The maximum absolute atomic E-state index is 12.3. The molecule has 112 valence electrons. The predicted molar refractivity (Wildman–Crippen MR) is 81.8 cm³/mol. The average Bonchev–Trinajstić information content (AvgIpc) is 3.07. The molecular weight excluding hydrogens is 272 g/mol. The zero-order valence-corrected chi connectivity index (χ0v) is 13.1. The van der Waals surface area contributed by atoms with E-state index in [0.29, 0.717) is 0 Å². The van der Waals surface area contributed by atoms with E-state index in [2.05, 4.69) is 17.1 Å². The van der Waals surface area contributed by atoms with Crippen LogP contribution in [0.4, 0.5) is 0 Å². The third-order valence-electron chi connectivity index (χ3n) is 3.84. The second-order valence-electron chi connectivity index (χ2n) is 5.66. The van der Waals surface area contributed by atoms with Gasteiger partial charge in [-0.2, -0.15) is 0 Å². The smallest absolute Gasteiger partial charge is 0.237 e. The van der Waals surface area contributed by atoms with Gasteiger partial charge in [-0.25, -0.2) is 0 Å². The van der Waals surface area contributed by atoms with Crippen LogP contribution >= 0.6 is 11.3 Å². The summed E-state index contributed by atoms with van der Waals surface area (Å²) in [4.78, 5) is 15.4. The summed E-state index contributed by atoms with van der Waals surface area (Å²) < 4.78 is 0. The van der Waals surface area contributed by atoms with Gasteiger partial charge in [-0.05, 0) is 50.7 Å². The molecule has 0 bridgehead atoms. The first-order valence-electron chi connectivity index (χ1n) is 7.32. The van der Waals surface area contributed by atoms with Gasteiger partial charge in [0.05, 0.1) is 12.6 Å². The van der Waals surface area contributed by atoms with Crippen LogP contribution in [-0.2, 0) is 10.4 Å². The van der Waals surface area contributed by atoms with E-state index in [9.17, 15) is 9.90 Å². The van der Waals surface area contributed by atoms with Crippen molar-refractivity contribution < 1.29 is 9.90 Å². The van der Waals surface area contributed by atoms with E-state index >= 15 is 0 Å². The molecule has 0 radical (unpaired) electrons. The number of aliphatic hydroxyl groups is 1. The number of hydrogen-bond donors (Lipinski definition) is 2. The van der Waals surface area contributed by atoms with Crippen LogP contribution < -0.4 is 5.32 Å². The van der Waals surface area contributed by atoms with Gasteiger partial charge in [-0.1, -0.05) is 13.0 Å². The summed E-state index contributed by atoms with van der Waals surface area (Å²) >= 11 is 1.51. The first kappa shape index (κ1) is 15.5. The monoisotopic (exact) mass is 296 g/mol. The molecule has 0 aromatic carbocycles. The molecule has 1 aliphatic heterocycles. The number of amides is 1. The summed E-state index contributed by atoms with van der Waals surface area (Å²) in [6, 6.07) is 3.79. The third-order valence-corrected chi connectivity index (χ3v) is 4.96. The lowest BCUT2D eigenvalue weighted by Crippen LogP contribution is -2.47. The van der Waals surface area contributed by atoms with Crippen LogP contribution in [0.15, 0.2) is 17.5 Å². The van der Waals surface area contributed by atoms with Gasteiger partial charge in [0, 0.05) is 4.88 Å². The number of likely N-dealkylation sites (tertiary alicyclic amines) is 1. The molecule has 1 aliphatic rings. The van der Waals surface area contributed by atoms with Crippen LogP contribution in [0.1, 0.15) is 38.0 Å². The largest absolute Gasteiger partial charge is 0.383 e. The molecule has 5 heteroatoms. The minimum absolute atomic E-state index is 0.0194. The van der Waals surface area contributed by atoms with Crippen molar-refractivity contribution in [1.29, 1.82) is 0 Å². The van der Waals surface area contributed by atoms with Crippen LogP contribution in [0.25, 0.3) is 0 Å². The van der Waals surface area contributed by atoms with E-state index in [1.807, 2.05) is 17.5 Å². The first-order chi connectivity index (χ1) is 9.54. The molecule has 0 aliphatic carbocycles. The van der Waals surface area contributed by atoms with Crippen LogP contribution in [-0.4, -0.2) is 41.6 Å². The molecule has 0 unspecified atom stereocenters. The van der Waals surface area contributed by atoms with Crippen LogP contribution in [0.5, 0.6) is 0 Å². The molecule has 1 fully saturated rings. The Bertz CT molecular complexity index is 431. The summed E-state index contributed by atoms with van der Waals surface area (Å²) in [7, 11) is 0. The minimum atomic E-state index is -0.988. The van der Waals surface area contributed by atoms with Gasteiger partial charge >= 0.3 is 0 Å². The standard InChI is InChI=1S/C15H24N2O2S/c1-3-8-17-9-4-6-12(17)14(18)16-11-15(2,19)13-7-5-10-20-13/h5,7,10,12,19H,3-4,6,8-9,11H2,1-2H3,(H,16,18)/t12-,15-/m0/s1. The van der Waals surface area contributed by atoms with Gasteiger partial charge in [0.15, 0.2) is 0 Å². The molecule has 1 aromatic rings. The summed E-state index contributed by atoms with van der Waals surface area (Å²) in [5.41, 5.74) is -0.988. The van der Waals surface area contributed by atoms with Crippen molar-refractivity contribution in [2.75, 3.05) is 19.6 Å². The number of nitrogens with zero attached hydrogens (tertiary/aromatic N) is 1. The Morgan fingerprint density at radius 3 is 3.10 bits per heavy atom. The normalized spacial score (nSPS) is 22.6. The maximum Gasteiger partial charge on any atom is 0.237 e. The number of thiophene rings is 1.